The summed E-state index contributed by atoms with van der Waals surface area (Å²) in [4.78, 5) is 39.9. The van der Waals surface area contributed by atoms with E-state index in [0.29, 0.717) is 6.42 Å². The predicted octanol–water partition coefficient (Wildman–Crippen LogP) is 5.11. The van der Waals surface area contributed by atoms with Gasteiger partial charge in [-0.05, 0) is 55.2 Å². The summed E-state index contributed by atoms with van der Waals surface area (Å²) in [7, 11) is 0. The molecular formula is C24H28N2O3S. The Balaban J connectivity index is 1.69. The second kappa shape index (κ2) is 9.94. The molecule has 1 saturated heterocycles. The lowest BCUT2D eigenvalue weighted by molar-refractivity contribution is -0.121. The fraction of sp³-hybridized carbons (Fsp3) is 0.375. The summed E-state index contributed by atoms with van der Waals surface area (Å²) in [6.45, 7) is 6.01. The van der Waals surface area contributed by atoms with Crippen molar-refractivity contribution in [2.45, 2.75) is 63.0 Å². The Labute approximate surface area is 182 Å². The van der Waals surface area contributed by atoms with Gasteiger partial charge in [-0.2, -0.15) is 0 Å². The highest BCUT2D eigenvalue weighted by Gasteiger charge is 2.41. The van der Waals surface area contributed by atoms with Crippen molar-refractivity contribution >= 4 is 40.9 Å². The number of amides is 3. The van der Waals surface area contributed by atoms with Crippen LogP contribution in [-0.2, 0) is 20.8 Å². The second-order valence-electron chi connectivity index (χ2n) is 7.49. The summed E-state index contributed by atoms with van der Waals surface area (Å²) in [6.07, 6.45) is 3.32. The molecule has 1 N–H and O–H groups in total. The van der Waals surface area contributed by atoms with Crippen LogP contribution < -0.4 is 10.2 Å². The van der Waals surface area contributed by atoms with Crippen molar-refractivity contribution in [3.63, 3.8) is 0 Å². The number of para-hydroxylation sites is 1. The van der Waals surface area contributed by atoms with E-state index in [-0.39, 0.29) is 24.1 Å². The molecule has 6 heteroatoms. The van der Waals surface area contributed by atoms with Crippen molar-refractivity contribution in [1.82, 2.24) is 0 Å². The highest BCUT2D eigenvalue weighted by atomic mass is 32.2. The molecule has 2 aromatic carbocycles. The molecule has 1 atom stereocenters. The number of carbonyl (C=O) groups is 3. The standard InChI is InChI=1S/C24H28N2O3S/c1-4-6-10-21(27)25-18-11-13-19(14-12-18)30-20-15-22(28)26(24(20)29)23-16(3)8-7-9-17(23)5-2/h7-9,11-14,20H,4-6,10,15H2,1-3H3,(H,25,27). The van der Waals surface area contributed by atoms with Crippen molar-refractivity contribution < 1.29 is 14.4 Å². The van der Waals surface area contributed by atoms with Crippen LogP contribution in [0.15, 0.2) is 47.4 Å². The zero-order valence-electron chi connectivity index (χ0n) is 17.7. The van der Waals surface area contributed by atoms with Crippen LogP contribution in [-0.4, -0.2) is 23.0 Å². The van der Waals surface area contributed by atoms with Gasteiger partial charge in [0.05, 0.1) is 10.9 Å². The predicted molar refractivity (Wildman–Crippen MR) is 122 cm³/mol. The number of aryl methyl sites for hydroxylation is 2. The van der Waals surface area contributed by atoms with Crippen LogP contribution >= 0.6 is 11.8 Å². The number of anilines is 2. The number of thioether (sulfide) groups is 1. The summed E-state index contributed by atoms with van der Waals surface area (Å²) in [6, 6.07) is 13.3. The summed E-state index contributed by atoms with van der Waals surface area (Å²) in [5, 5.41) is 2.45. The Morgan fingerprint density at radius 3 is 2.53 bits per heavy atom. The van der Waals surface area contributed by atoms with Crippen molar-refractivity contribution in [2.75, 3.05) is 10.2 Å². The highest BCUT2D eigenvalue weighted by Crippen LogP contribution is 2.37. The van der Waals surface area contributed by atoms with E-state index < -0.39 is 5.25 Å². The number of rotatable bonds is 8. The number of nitrogens with zero attached hydrogens (tertiary/aromatic N) is 1. The quantitative estimate of drug-likeness (QED) is 0.598. The van der Waals surface area contributed by atoms with E-state index in [1.54, 1.807) is 0 Å². The molecule has 1 aliphatic heterocycles. The molecule has 30 heavy (non-hydrogen) atoms. The largest absolute Gasteiger partial charge is 0.326 e. The zero-order chi connectivity index (χ0) is 21.7. The Bertz CT molecular complexity index is 940. The lowest BCUT2D eigenvalue weighted by Gasteiger charge is -2.20. The normalized spacial score (nSPS) is 16.2. The molecule has 1 unspecified atom stereocenters. The molecule has 0 spiro atoms. The highest BCUT2D eigenvalue weighted by molar-refractivity contribution is 8.00. The van der Waals surface area contributed by atoms with Gasteiger partial charge in [0.1, 0.15) is 0 Å². The van der Waals surface area contributed by atoms with Crippen molar-refractivity contribution in [2.24, 2.45) is 0 Å². The van der Waals surface area contributed by atoms with Gasteiger partial charge in [0, 0.05) is 23.4 Å². The third kappa shape index (κ3) is 4.93. The molecule has 3 amide bonds. The number of hydrogen-bond acceptors (Lipinski definition) is 4. The first-order valence-corrected chi connectivity index (χ1v) is 11.3. The number of nitrogens with one attached hydrogen (secondary N) is 1. The molecule has 0 bridgehead atoms. The molecule has 0 aliphatic carbocycles. The molecule has 2 aromatic rings. The third-order valence-electron chi connectivity index (χ3n) is 5.20. The van der Waals surface area contributed by atoms with Crippen LogP contribution in [0.3, 0.4) is 0 Å². The minimum atomic E-state index is -0.438. The van der Waals surface area contributed by atoms with Crippen molar-refractivity contribution in [1.29, 1.82) is 0 Å². The van der Waals surface area contributed by atoms with Crippen LogP contribution in [0.25, 0.3) is 0 Å². The summed E-state index contributed by atoms with van der Waals surface area (Å²) >= 11 is 1.40. The van der Waals surface area contributed by atoms with Crippen LogP contribution in [0.2, 0.25) is 0 Å². The molecule has 0 aromatic heterocycles. The van der Waals surface area contributed by atoms with E-state index >= 15 is 0 Å². The molecule has 0 saturated carbocycles. The van der Waals surface area contributed by atoms with Crippen LogP contribution in [0.5, 0.6) is 0 Å². The Kier molecular flexibility index (Phi) is 7.32. The Hall–Kier alpha value is -2.60. The smallest absolute Gasteiger partial charge is 0.247 e. The van der Waals surface area contributed by atoms with Gasteiger partial charge < -0.3 is 5.32 Å². The first kappa shape index (κ1) is 22.1. The molecule has 1 aliphatic rings. The van der Waals surface area contributed by atoms with E-state index in [4.69, 9.17) is 0 Å². The fourth-order valence-electron chi connectivity index (χ4n) is 3.60. The SMILES string of the molecule is CCCCC(=O)Nc1ccc(SC2CC(=O)N(c3c(C)cccc3CC)C2=O)cc1. The van der Waals surface area contributed by atoms with Crippen molar-refractivity contribution in [3.05, 3.63) is 53.6 Å². The first-order chi connectivity index (χ1) is 14.4. The number of carbonyl (C=O) groups excluding carboxylic acids is 3. The van der Waals surface area contributed by atoms with Crippen LogP contribution in [0.4, 0.5) is 11.4 Å². The fourth-order valence-corrected chi connectivity index (χ4v) is 4.65. The summed E-state index contributed by atoms with van der Waals surface area (Å²) < 4.78 is 0. The number of hydrogen-bond donors (Lipinski definition) is 1. The van der Waals surface area contributed by atoms with E-state index in [2.05, 4.69) is 12.2 Å². The van der Waals surface area contributed by atoms with Gasteiger partial charge in [-0.1, -0.05) is 38.5 Å². The minimum Gasteiger partial charge on any atom is -0.326 e. The maximum Gasteiger partial charge on any atom is 0.247 e. The lowest BCUT2D eigenvalue weighted by atomic mass is 10.0. The van der Waals surface area contributed by atoms with E-state index in [1.807, 2.05) is 56.3 Å². The first-order valence-electron chi connectivity index (χ1n) is 10.5. The molecule has 158 valence electrons. The maximum absolute atomic E-state index is 13.1. The van der Waals surface area contributed by atoms with E-state index in [9.17, 15) is 14.4 Å². The van der Waals surface area contributed by atoms with Gasteiger partial charge >= 0.3 is 0 Å². The van der Waals surface area contributed by atoms with Gasteiger partial charge in [-0.15, -0.1) is 11.8 Å². The van der Waals surface area contributed by atoms with E-state index in [0.717, 1.165) is 46.7 Å². The monoisotopic (exact) mass is 424 g/mol. The molecule has 1 heterocycles. The molecule has 0 radical (unpaired) electrons. The second-order valence-corrected chi connectivity index (χ2v) is 8.77. The third-order valence-corrected chi connectivity index (χ3v) is 6.40. The molecule has 1 fully saturated rings. The van der Waals surface area contributed by atoms with E-state index in [1.165, 1.54) is 16.7 Å². The molecule has 3 rings (SSSR count). The topological polar surface area (TPSA) is 66.5 Å². The van der Waals surface area contributed by atoms with Crippen LogP contribution in [0, 0.1) is 6.92 Å². The summed E-state index contributed by atoms with van der Waals surface area (Å²) in [5.41, 5.74) is 3.42. The van der Waals surface area contributed by atoms with Gasteiger partial charge in [0.2, 0.25) is 17.7 Å². The average molecular weight is 425 g/mol. The number of unbranched alkanes of at least 4 members (excludes halogenated alkanes) is 1. The average Bonchev–Trinajstić information content (AvgIpc) is 3.00. The summed E-state index contributed by atoms with van der Waals surface area (Å²) in [5.74, 6) is -0.304. The van der Waals surface area contributed by atoms with Gasteiger partial charge in [-0.25, -0.2) is 4.90 Å². The van der Waals surface area contributed by atoms with Gasteiger partial charge in [0.25, 0.3) is 0 Å². The number of imide groups is 1. The lowest BCUT2D eigenvalue weighted by Crippen LogP contribution is -2.32. The zero-order valence-corrected chi connectivity index (χ0v) is 18.6. The van der Waals surface area contributed by atoms with Crippen LogP contribution in [0.1, 0.15) is 50.7 Å². The Morgan fingerprint density at radius 2 is 1.87 bits per heavy atom. The van der Waals surface area contributed by atoms with Crippen molar-refractivity contribution in [3.8, 4) is 0 Å². The van der Waals surface area contributed by atoms with Gasteiger partial charge in [-0.3, -0.25) is 14.4 Å². The maximum atomic E-state index is 13.1. The van der Waals surface area contributed by atoms with Gasteiger partial charge in [0.15, 0.2) is 0 Å². The molecule has 5 nitrogen and oxygen atoms in total. The Morgan fingerprint density at radius 1 is 1.13 bits per heavy atom. The number of benzene rings is 2. The minimum absolute atomic E-state index is 0.00872. The molecular weight excluding hydrogens is 396 g/mol.